The second-order valence-corrected chi connectivity index (χ2v) is 3.93. The van der Waals surface area contributed by atoms with Crippen molar-refractivity contribution in [3.63, 3.8) is 0 Å². The zero-order chi connectivity index (χ0) is 9.97. The van der Waals surface area contributed by atoms with Crippen LogP contribution in [0.5, 0.6) is 0 Å². The molecule has 2 rings (SSSR count). The molecule has 0 bridgehead atoms. The SMILES string of the molecule is CNc1sc(-c2ccncc2)cc1N. The lowest BCUT2D eigenvalue weighted by molar-refractivity contribution is 1.33. The summed E-state index contributed by atoms with van der Waals surface area (Å²) in [5, 5.41) is 4.07. The van der Waals surface area contributed by atoms with Gasteiger partial charge in [-0.2, -0.15) is 0 Å². The first-order chi connectivity index (χ1) is 6.81. The van der Waals surface area contributed by atoms with E-state index in [0.717, 1.165) is 21.1 Å². The van der Waals surface area contributed by atoms with Crippen LogP contribution in [0, 0.1) is 0 Å². The molecule has 0 aliphatic carbocycles. The van der Waals surface area contributed by atoms with Crippen LogP contribution in [0.1, 0.15) is 0 Å². The summed E-state index contributed by atoms with van der Waals surface area (Å²) in [5.74, 6) is 0. The highest BCUT2D eigenvalue weighted by molar-refractivity contribution is 7.20. The molecule has 0 aliphatic rings. The Kier molecular flexibility index (Phi) is 2.37. The molecule has 0 radical (unpaired) electrons. The smallest absolute Gasteiger partial charge is 0.112 e. The molecule has 72 valence electrons. The Balaban J connectivity index is 2.43. The van der Waals surface area contributed by atoms with E-state index in [9.17, 15) is 0 Å². The number of thiophene rings is 1. The number of nitrogens with one attached hydrogen (secondary N) is 1. The van der Waals surface area contributed by atoms with Gasteiger partial charge in [0.25, 0.3) is 0 Å². The molecule has 0 spiro atoms. The van der Waals surface area contributed by atoms with Crippen LogP contribution in [0.3, 0.4) is 0 Å². The summed E-state index contributed by atoms with van der Waals surface area (Å²) in [6.45, 7) is 0. The summed E-state index contributed by atoms with van der Waals surface area (Å²) < 4.78 is 0. The minimum absolute atomic E-state index is 0.796. The van der Waals surface area contributed by atoms with Crippen LogP contribution in [-0.4, -0.2) is 12.0 Å². The van der Waals surface area contributed by atoms with Gasteiger partial charge in [0.15, 0.2) is 0 Å². The van der Waals surface area contributed by atoms with Gasteiger partial charge in [-0.15, -0.1) is 11.3 Å². The minimum Gasteiger partial charge on any atom is -0.396 e. The monoisotopic (exact) mass is 205 g/mol. The minimum atomic E-state index is 0.796. The zero-order valence-corrected chi connectivity index (χ0v) is 8.64. The van der Waals surface area contributed by atoms with E-state index < -0.39 is 0 Å². The van der Waals surface area contributed by atoms with Gasteiger partial charge in [0.05, 0.1) is 5.69 Å². The number of nitrogens with zero attached hydrogens (tertiary/aromatic N) is 1. The molecule has 4 heteroatoms. The van der Waals surface area contributed by atoms with Gasteiger partial charge in [0.2, 0.25) is 0 Å². The third-order valence-electron chi connectivity index (χ3n) is 1.95. The topological polar surface area (TPSA) is 50.9 Å². The predicted octanol–water partition coefficient (Wildman–Crippen LogP) is 2.43. The summed E-state index contributed by atoms with van der Waals surface area (Å²) in [6.07, 6.45) is 3.56. The summed E-state index contributed by atoms with van der Waals surface area (Å²) in [5.41, 5.74) is 7.77. The molecule has 0 saturated carbocycles. The van der Waals surface area contributed by atoms with Crippen molar-refractivity contribution >= 4 is 22.0 Å². The molecule has 2 heterocycles. The van der Waals surface area contributed by atoms with Crippen molar-refractivity contribution in [2.45, 2.75) is 0 Å². The standard InChI is InChI=1S/C10H11N3S/c1-12-10-8(11)6-9(14-10)7-2-4-13-5-3-7/h2-6,12H,11H2,1H3. The fraction of sp³-hybridized carbons (Fsp3) is 0.100. The maximum Gasteiger partial charge on any atom is 0.112 e. The van der Waals surface area contributed by atoms with Crippen molar-refractivity contribution < 1.29 is 0 Å². The first-order valence-electron chi connectivity index (χ1n) is 4.28. The Morgan fingerprint density at radius 3 is 2.64 bits per heavy atom. The Labute approximate surface area is 86.6 Å². The highest BCUT2D eigenvalue weighted by Crippen LogP contribution is 2.36. The molecule has 2 aromatic heterocycles. The lowest BCUT2D eigenvalue weighted by Crippen LogP contribution is -1.88. The first-order valence-corrected chi connectivity index (χ1v) is 5.10. The number of pyridine rings is 1. The quantitative estimate of drug-likeness (QED) is 0.791. The van der Waals surface area contributed by atoms with E-state index in [1.54, 1.807) is 23.7 Å². The molecule has 0 aliphatic heterocycles. The number of hydrogen-bond acceptors (Lipinski definition) is 4. The van der Waals surface area contributed by atoms with Gasteiger partial charge < -0.3 is 11.1 Å². The lowest BCUT2D eigenvalue weighted by Gasteiger charge is -1.94. The molecule has 0 unspecified atom stereocenters. The van der Waals surface area contributed by atoms with Crippen LogP contribution in [-0.2, 0) is 0 Å². The van der Waals surface area contributed by atoms with Gasteiger partial charge >= 0.3 is 0 Å². The zero-order valence-electron chi connectivity index (χ0n) is 7.82. The van der Waals surface area contributed by atoms with Gasteiger partial charge in [0.1, 0.15) is 5.00 Å². The number of nitrogen functional groups attached to an aromatic ring is 1. The molecule has 0 saturated heterocycles. The van der Waals surface area contributed by atoms with Gasteiger partial charge in [-0.05, 0) is 23.8 Å². The second-order valence-electron chi connectivity index (χ2n) is 2.88. The normalized spacial score (nSPS) is 10.1. The van der Waals surface area contributed by atoms with Crippen LogP contribution < -0.4 is 11.1 Å². The van der Waals surface area contributed by atoms with Crippen LogP contribution in [0.2, 0.25) is 0 Å². The predicted molar refractivity (Wildman–Crippen MR) is 61.5 cm³/mol. The summed E-state index contributed by atoms with van der Waals surface area (Å²) in [6, 6.07) is 5.93. The average Bonchev–Trinajstić information content (AvgIpc) is 2.61. The van der Waals surface area contributed by atoms with E-state index in [1.807, 2.05) is 25.2 Å². The molecule has 0 amide bonds. The van der Waals surface area contributed by atoms with E-state index in [4.69, 9.17) is 5.73 Å². The molecule has 0 fully saturated rings. The Morgan fingerprint density at radius 1 is 1.36 bits per heavy atom. The van der Waals surface area contributed by atoms with Crippen molar-refractivity contribution in [3.05, 3.63) is 30.6 Å². The third kappa shape index (κ3) is 1.56. The Bertz CT molecular complexity index is 422. The van der Waals surface area contributed by atoms with E-state index >= 15 is 0 Å². The number of rotatable bonds is 2. The fourth-order valence-corrected chi connectivity index (χ4v) is 2.20. The number of nitrogens with two attached hydrogens (primary N) is 1. The maximum atomic E-state index is 5.82. The molecule has 14 heavy (non-hydrogen) atoms. The van der Waals surface area contributed by atoms with Gasteiger partial charge in [-0.25, -0.2) is 0 Å². The van der Waals surface area contributed by atoms with Gasteiger partial charge in [-0.1, -0.05) is 0 Å². The van der Waals surface area contributed by atoms with Crippen LogP contribution in [0.4, 0.5) is 10.7 Å². The van der Waals surface area contributed by atoms with Crippen molar-refractivity contribution in [1.29, 1.82) is 0 Å². The van der Waals surface area contributed by atoms with Gasteiger partial charge in [0, 0.05) is 24.3 Å². The van der Waals surface area contributed by atoms with E-state index in [-0.39, 0.29) is 0 Å². The van der Waals surface area contributed by atoms with Crippen molar-refractivity contribution in [1.82, 2.24) is 4.98 Å². The Hall–Kier alpha value is -1.55. The third-order valence-corrected chi connectivity index (χ3v) is 3.17. The van der Waals surface area contributed by atoms with Crippen molar-refractivity contribution in [3.8, 4) is 10.4 Å². The van der Waals surface area contributed by atoms with Crippen molar-refractivity contribution in [2.75, 3.05) is 18.1 Å². The highest BCUT2D eigenvalue weighted by atomic mass is 32.1. The molecular formula is C10H11N3S. The molecule has 3 N–H and O–H groups in total. The number of hydrogen-bond donors (Lipinski definition) is 2. The maximum absolute atomic E-state index is 5.82. The Morgan fingerprint density at radius 2 is 2.07 bits per heavy atom. The fourth-order valence-electron chi connectivity index (χ4n) is 1.26. The highest BCUT2D eigenvalue weighted by Gasteiger charge is 2.05. The molecule has 0 aromatic carbocycles. The van der Waals surface area contributed by atoms with Crippen LogP contribution >= 0.6 is 11.3 Å². The molecule has 3 nitrogen and oxygen atoms in total. The van der Waals surface area contributed by atoms with E-state index in [1.165, 1.54) is 0 Å². The summed E-state index contributed by atoms with van der Waals surface area (Å²) in [7, 11) is 1.87. The molecule has 2 aromatic rings. The average molecular weight is 205 g/mol. The van der Waals surface area contributed by atoms with Gasteiger partial charge in [-0.3, -0.25) is 4.98 Å². The molecule has 0 atom stereocenters. The second kappa shape index (κ2) is 3.67. The van der Waals surface area contributed by atoms with E-state index in [0.29, 0.717) is 0 Å². The number of aromatic nitrogens is 1. The summed E-state index contributed by atoms with van der Waals surface area (Å²) in [4.78, 5) is 5.14. The summed E-state index contributed by atoms with van der Waals surface area (Å²) >= 11 is 1.65. The van der Waals surface area contributed by atoms with E-state index in [2.05, 4.69) is 10.3 Å². The van der Waals surface area contributed by atoms with Crippen LogP contribution in [0.25, 0.3) is 10.4 Å². The number of anilines is 2. The first kappa shape index (κ1) is 9.02. The lowest BCUT2D eigenvalue weighted by atomic mass is 10.2. The van der Waals surface area contributed by atoms with Crippen molar-refractivity contribution in [2.24, 2.45) is 0 Å². The molecular weight excluding hydrogens is 194 g/mol. The van der Waals surface area contributed by atoms with Crippen LogP contribution in [0.15, 0.2) is 30.6 Å². The largest absolute Gasteiger partial charge is 0.396 e.